The minimum atomic E-state index is -3.52. The van der Waals surface area contributed by atoms with Crippen LogP contribution in [-0.4, -0.2) is 49.7 Å². The average molecular weight is 525 g/mol. The van der Waals surface area contributed by atoms with E-state index in [0.717, 1.165) is 25.2 Å². The molecule has 2 heterocycles. The van der Waals surface area contributed by atoms with Crippen LogP contribution in [0.25, 0.3) is 0 Å². The molecule has 9 heteroatoms. The summed E-state index contributed by atoms with van der Waals surface area (Å²) in [6, 6.07) is 13.1. The van der Waals surface area contributed by atoms with Gasteiger partial charge in [0.1, 0.15) is 0 Å². The molecule has 2 fully saturated rings. The molecule has 2 aromatic carbocycles. The second-order valence-electron chi connectivity index (χ2n) is 9.14. The Morgan fingerprint density at radius 3 is 2.29 bits per heavy atom. The van der Waals surface area contributed by atoms with Gasteiger partial charge in [-0.05, 0) is 67.6 Å². The van der Waals surface area contributed by atoms with E-state index in [4.69, 9.17) is 23.2 Å². The molecular formula is C25H31Cl2N3O3S. The van der Waals surface area contributed by atoms with Gasteiger partial charge in [0.15, 0.2) is 0 Å². The van der Waals surface area contributed by atoms with Gasteiger partial charge in [0.25, 0.3) is 0 Å². The number of hydrogen-bond donors (Lipinski definition) is 1. The lowest BCUT2D eigenvalue weighted by Crippen LogP contribution is -2.43. The number of piperidine rings is 1. The quantitative estimate of drug-likeness (QED) is 0.554. The van der Waals surface area contributed by atoms with Crippen molar-refractivity contribution < 1.29 is 13.2 Å². The van der Waals surface area contributed by atoms with Crippen molar-refractivity contribution in [2.45, 2.75) is 44.5 Å². The minimum Gasteiger partial charge on any atom is -0.352 e. The number of likely N-dealkylation sites (tertiary alicyclic amines) is 1. The van der Waals surface area contributed by atoms with Crippen LogP contribution in [0.5, 0.6) is 0 Å². The van der Waals surface area contributed by atoms with Gasteiger partial charge in [0.2, 0.25) is 15.9 Å². The average Bonchev–Trinajstić information content (AvgIpc) is 3.33. The van der Waals surface area contributed by atoms with Crippen LogP contribution >= 0.6 is 23.2 Å². The molecule has 1 N–H and O–H groups in total. The van der Waals surface area contributed by atoms with Gasteiger partial charge in [-0.3, -0.25) is 9.69 Å². The lowest BCUT2D eigenvalue weighted by atomic mass is 9.97. The summed E-state index contributed by atoms with van der Waals surface area (Å²) < 4.78 is 27.2. The van der Waals surface area contributed by atoms with Crippen LogP contribution in [0.3, 0.4) is 0 Å². The molecule has 0 bridgehead atoms. The Labute approximate surface area is 212 Å². The van der Waals surface area contributed by atoms with E-state index in [-0.39, 0.29) is 17.6 Å². The number of carbonyl (C=O) groups is 1. The highest BCUT2D eigenvalue weighted by molar-refractivity contribution is 7.88. The van der Waals surface area contributed by atoms with Gasteiger partial charge in [-0.25, -0.2) is 12.7 Å². The highest BCUT2D eigenvalue weighted by Crippen LogP contribution is 2.26. The molecule has 34 heavy (non-hydrogen) atoms. The van der Waals surface area contributed by atoms with Crippen molar-refractivity contribution in [3.8, 4) is 0 Å². The van der Waals surface area contributed by atoms with E-state index in [1.807, 2.05) is 12.1 Å². The summed E-state index contributed by atoms with van der Waals surface area (Å²) in [5.74, 6) is -0.363. The summed E-state index contributed by atoms with van der Waals surface area (Å²) >= 11 is 12.1. The number of benzene rings is 2. The summed E-state index contributed by atoms with van der Waals surface area (Å²) in [6.45, 7) is 4.34. The summed E-state index contributed by atoms with van der Waals surface area (Å²) in [6.07, 6.45) is 3.52. The molecule has 2 aliphatic rings. The van der Waals surface area contributed by atoms with Gasteiger partial charge in [-0.1, -0.05) is 53.5 Å². The fraction of sp³-hybridized carbons (Fsp3) is 0.480. The van der Waals surface area contributed by atoms with Crippen molar-refractivity contribution in [3.05, 3.63) is 69.2 Å². The molecule has 2 aromatic rings. The Kier molecular flexibility index (Phi) is 8.53. The SMILES string of the molecule is O=C(NCc1ccccc1CN1CCCC1)C1CCN(S(=O)(=O)Cc2ccc(Cl)cc2Cl)CC1. The number of hydrogen-bond acceptors (Lipinski definition) is 4. The number of nitrogens with zero attached hydrogens (tertiary/aromatic N) is 2. The van der Waals surface area contributed by atoms with Crippen LogP contribution in [0, 0.1) is 5.92 Å². The monoisotopic (exact) mass is 523 g/mol. The Morgan fingerprint density at radius 1 is 0.941 bits per heavy atom. The van der Waals surface area contributed by atoms with Crippen LogP contribution in [-0.2, 0) is 33.7 Å². The van der Waals surface area contributed by atoms with Crippen LogP contribution in [0.1, 0.15) is 42.4 Å². The zero-order valence-corrected chi connectivity index (χ0v) is 21.5. The van der Waals surface area contributed by atoms with Crippen molar-refractivity contribution in [2.24, 2.45) is 5.92 Å². The Bertz CT molecular complexity index is 1110. The van der Waals surface area contributed by atoms with Crippen molar-refractivity contribution >= 4 is 39.1 Å². The number of amides is 1. The Hall–Kier alpha value is -1.64. The van der Waals surface area contributed by atoms with Crippen LogP contribution < -0.4 is 5.32 Å². The first-order chi connectivity index (χ1) is 16.3. The third-order valence-electron chi connectivity index (χ3n) is 6.74. The second kappa shape index (κ2) is 11.4. The van der Waals surface area contributed by atoms with Crippen LogP contribution in [0.15, 0.2) is 42.5 Å². The van der Waals surface area contributed by atoms with Gasteiger partial charge in [0.05, 0.1) is 5.75 Å². The molecule has 4 rings (SSSR count). The summed E-state index contributed by atoms with van der Waals surface area (Å²) in [7, 11) is -3.52. The first kappa shape index (κ1) is 25.5. The van der Waals surface area contributed by atoms with E-state index in [0.29, 0.717) is 48.1 Å². The molecule has 0 aliphatic carbocycles. The zero-order chi connectivity index (χ0) is 24.1. The Morgan fingerprint density at radius 2 is 1.62 bits per heavy atom. The van der Waals surface area contributed by atoms with Gasteiger partial charge < -0.3 is 5.32 Å². The van der Waals surface area contributed by atoms with Crippen molar-refractivity contribution in [1.29, 1.82) is 0 Å². The fourth-order valence-corrected chi connectivity index (χ4v) is 6.86. The van der Waals surface area contributed by atoms with E-state index in [2.05, 4.69) is 22.3 Å². The van der Waals surface area contributed by atoms with Gasteiger partial charge in [-0.2, -0.15) is 0 Å². The van der Waals surface area contributed by atoms with E-state index in [1.165, 1.54) is 22.7 Å². The third-order valence-corrected chi connectivity index (χ3v) is 9.15. The largest absolute Gasteiger partial charge is 0.352 e. The number of nitrogens with one attached hydrogen (secondary N) is 1. The second-order valence-corrected chi connectivity index (χ2v) is 11.9. The molecular weight excluding hydrogens is 493 g/mol. The molecule has 1 amide bonds. The maximum Gasteiger partial charge on any atom is 0.223 e. The normalized spacial score (nSPS) is 18.3. The van der Waals surface area contributed by atoms with Crippen molar-refractivity contribution in [3.63, 3.8) is 0 Å². The van der Waals surface area contributed by atoms with Gasteiger partial charge in [-0.15, -0.1) is 0 Å². The molecule has 0 spiro atoms. The molecule has 0 radical (unpaired) electrons. The van der Waals surface area contributed by atoms with Gasteiger partial charge in [0, 0.05) is 42.1 Å². The molecule has 6 nitrogen and oxygen atoms in total. The van der Waals surface area contributed by atoms with E-state index in [1.54, 1.807) is 18.2 Å². The number of halogens is 2. The number of sulfonamides is 1. The maximum absolute atomic E-state index is 12.9. The minimum absolute atomic E-state index is 0.00577. The standard InChI is InChI=1S/C25H31Cl2N3O3S/c26-23-8-7-22(24(27)15-23)18-34(32,33)30-13-9-19(10-14-30)25(31)28-16-20-5-1-2-6-21(20)17-29-11-3-4-12-29/h1-2,5-8,15,19H,3-4,9-14,16-18H2,(H,28,31). The smallest absolute Gasteiger partial charge is 0.223 e. The summed E-state index contributed by atoms with van der Waals surface area (Å²) in [4.78, 5) is 15.3. The first-order valence-corrected chi connectivity index (χ1v) is 14.2. The van der Waals surface area contributed by atoms with E-state index < -0.39 is 10.0 Å². The van der Waals surface area contributed by atoms with E-state index in [9.17, 15) is 13.2 Å². The number of carbonyl (C=O) groups excluding carboxylic acids is 1. The Balaban J connectivity index is 1.28. The lowest BCUT2D eigenvalue weighted by Gasteiger charge is -2.30. The molecule has 2 aliphatic heterocycles. The first-order valence-electron chi connectivity index (χ1n) is 11.8. The predicted octanol–water partition coefficient (Wildman–Crippen LogP) is 4.45. The maximum atomic E-state index is 12.9. The summed E-state index contributed by atoms with van der Waals surface area (Å²) in [5.41, 5.74) is 2.92. The molecule has 0 aromatic heterocycles. The molecule has 0 atom stereocenters. The third kappa shape index (κ3) is 6.52. The molecule has 0 unspecified atom stereocenters. The van der Waals surface area contributed by atoms with Crippen LogP contribution in [0.2, 0.25) is 10.0 Å². The lowest BCUT2D eigenvalue weighted by molar-refractivity contribution is -0.126. The predicted molar refractivity (Wildman–Crippen MR) is 136 cm³/mol. The zero-order valence-electron chi connectivity index (χ0n) is 19.2. The highest BCUT2D eigenvalue weighted by Gasteiger charge is 2.31. The topological polar surface area (TPSA) is 69.7 Å². The van der Waals surface area contributed by atoms with Crippen LogP contribution in [0.4, 0.5) is 0 Å². The molecule has 184 valence electrons. The fourth-order valence-electron chi connectivity index (χ4n) is 4.72. The number of rotatable bonds is 8. The molecule has 0 saturated carbocycles. The van der Waals surface area contributed by atoms with Crippen molar-refractivity contribution in [2.75, 3.05) is 26.2 Å². The van der Waals surface area contributed by atoms with Gasteiger partial charge >= 0.3 is 0 Å². The van der Waals surface area contributed by atoms with Crippen molar-refractivity contribution in [1.82, 2.24) is 14.5 Å². The van der Waals surface area contributed by atoms with E-state index >= 15 is 0 Å². The molecule has 2 saturated heterocycles. The summed E-state index contributed by atoms with van der Waals surface area (Å²) in [5, 5.41) is 3.90. The highest BCUT2D eigenvalue weighted by atomic mass is 35.5.